The molecule has 1 heterocycles. The molecule has 0 aliphatic carbocycles. The van der Waals surface area contributed by atoms with E-state index in [4.69, 9.17) is 2.78 Å². The molecule has 7 heavy (non-hydrogen) atoms. The van der Waals surface area contributed by atoms with Crippen LogP contribution in [0.1, 0.15) is 14.7 Å². The van der Waals surface area contributed by atoms with Crippen molar-refractivity contribution in [2.75, 3.05) is 6.54 Å². The van der Waals surface area contributed by atoms with Crippen molar-refractivity contribution in [3.8, 4) is 0 Å². The average molecular weight is 99.2 g/mol. The Hall–Kier alpha value is -0.300. The van der Waals surface area contributed by atoms with Crippen LogP contribution in [0.4, 0.5) is 0 Å². The van der Waals surface area contributed by atoms with E-state index in [1.165, 1.54) is 5.31 Å². The van der Waals surface area contributed by atoms with E-state index in [1.54, 1.807) is 6.08 Å². The first-order valence-corrected chi connectivity index (χ1v) is 2.61. The predicted molar refractivity (Wildman–Crippen MR) is 31.2 cm³/mol. The molecule has 0 bridgehead atoms. The summed E-state index contributed by atoms with van der Waals surface area (Å²) in [7, 11) is 0. The fourth-order valence-electron chi connectivity index (χ4n) is 0.616. The zero-order valence-electron chi connectivity index (χ0n) is 6.52. The molecule has 0 spiro atoms. The van der Waals surface area contributed by atoms with Crippen molar-refractivity contribution in [2.45, 2.75) is 19.4 Å². The minimum atomic E-state index is 0.225. The quantitative estimate of drug-likeness (QED) is 0.445. The summed E-state index contributed by atoms with van der Waals surface area (Å²) in [6, 6.07) is 0.897. The molecule has 1 atom stereocenters. The van der Waals surface area contributed by atoms with Crippen LogP contribution in [0.15, 0.2) is 12.1 Å². The Morgan fingerprint density at radius 2 is 3.00 bits per heavy atom. The molecular weight excluding hydrogens is 86.1 g/mol. The van der Waals surface area contributed by atoms with Gasteiger partial charge in [-0.05, 0) is 13.3 Å². The fourth-order valence-corrected chi connectivity index (χ4v) is 0.616. The standard InChI is InChI=1S/C6H11N/c1-6-4-2-3-5-7-6/h2-3,6-7H,4-5H2,1H3/i2D/hD. The monoisotopic (exact) mass is 99.1 g/mol. The van der Waals surface area contributed by atoms with E-state index < -0.39 is 0 Å². The van der Waals surface area contributed by atoms with Gasteiger partial charge in [0.05, 0.1) is 1.37 Å². The average Bonchev–Trinajstić information content (AvgIpc) is 1.80. The van der Waals surface area contributed by atoms with Crippen LogP contribution in [0.25, 0.3) is 0 Å². The summed E-state index contributed by atoms with van der Waals surface area (Å²) in [6.07, 6.45) is 2.51. The lowest BCUT2D eigenvalue weighted by atomic mass is 10.2. The minimum absolute atomic E-state index is 0.225. The molecule has 0 radical (unpaired) electrons. The van der Waals surface area contributed by atoms with Crippen LogP contribution in [-0.2, 0) is 0 Å². The molecule has 1 unspecified atom stereocenters. The second-order valence-electron chi connectivity index (χ2n) is 1.83. The molecule has 1 N–H and O–H groups in total. The lowest BCUT2D eigenvalue weighted by Crippen LogP contribution is -2.27. The van der Waals surface area contributed by atoms with Gasteiger partial charge in [0.15, 0.2) is 0 Å². The maximum Gasteiger partial charge on any atom is 0.123 e. The summed E-state index contributed by atoms with van der Waals surface area (Å²) in [5, 5.41) is 1.50. The van der Waals surface area contributed by atoms with Gasteiger partial charge in [-0.1, -0.05) is 12.1 Å². The van der Waals surface area contributed by atoms with E-state index in [2.05, 4.69) is 0 Å². The number of nitrogens with one attached hydrogen (secondary N) is 1. The van der Waals surface area contributed by atoms with E-state index in [9.17, 15) is 0 Å². The summed E-state index contributed by atoms with van der Waals surface area (Å²) in [4.78, 5) is 0. The molecular formula is C6H11N. The van der Waals surface area contributed by atoms with Crippen molar-refractivity contribution in [3.63, 3.8) is 0 Å². The Labute approximate surface area is 47.3 Å². The third-order valence-electron chi connectivity index (χ3n) is 1.07. The summed E-state index contributed by atoms with van der Waals surface area (Å²) >= 11 is 0. The van der Waals surface area contributed by atoms with E-state index in [1.807, 2.05) is 6.92 Å². The number of rotatable bonds is 0. The van der Waals surface area contributed by atoms with E-state index in [-0.39, 0.29) is 6.04 Å². The van der Waals surface area contributed by atoms with Gasteiger partial charge in [0.2, 0.25) is 0 Å². The zero-order valence-corrected chi connectivity index (χ0v) is 4.52. The smallest absolute Gasteiger partial charge is 0.123 e. The molecule has 0 saturated heterocycles. The van der Waals surface area contributed by atoms with Gasteiger partial charge in [-0.2, -0.15) is 0 Å². The van der Waals surface area contributed by atoms with Gasteiger partial charge in [0, 0.05) is 12.6 Å². The first-order chi connectivity index (χ1) is 4.20. The lowest BCUT2D eigenvalue weighted by molar-refractivity contribution is 0.570. The zero-order chi connectivity index (χ0) is 6.85. The van der Waals surface area contributed by atoms with Gasteiger partial charge < -0.3 is 5.31 Å². The third-order valence-corrected chi connectivity index (χ3v) is 1.07. The molecule has 0 fully saturated rings. The van der Waals surface area contributed by atoms with E-state index in [0.29, 0.717) is 12.6 Å². The minimum Gasteiger partial charge on any atom is -0.310 e. The molecule has 0 aromatic carbocycles. The number of hydrogen-bond donors (Lipinski definition) is 1. The first kappa shape index (κ1) is 2.88. The fraction of sp³-hybridized carbons (Fsp3) is 0.667. The van der Waals surface area contributed by atoms with Crippen LogP contribution in [0.3, 0.4) is 0 Å². The summed E-state index contributed by atoms with van der Waals surface area (Å²) in [6.45, 7) is 2.58. The van der Waals surface area contributed by atoms with Crippen LogP contribution in [0.2, 0.25) is 1.41 Å². The van der Waals surface area contributed by atoms with Gasteiger partial charge in [0.1, 0.15) is 1.41 Å². The molecule has 1 aliphatic rings. The van der Waals surface area contributed by atoms with E-state index >= 15 is 0 Å². The van der Waals surface area contributed by atoms with E-state index in [0.717, 1.165) is 6.42 Å². The normalized spacial score (nSPS) is 39.0. The highest BCUT2D eigenvalue weighted by Crippen LogP contribution is 1.95. The van der Waals surface area contributed by atoms with Crippen molar-refractivity contribution < 1.29 is 2.78 Å². The Morgan fingerprint density at radius 1 is 2.14 bits per heavy atom. The lowest BCUT2D eigenvalue weighted by Gasteiger charge is -2.12. The Kier molecular flexibility index (Phi) is 0.873. The first-order valence-electron chi connectivity index (χ1n) is 3.56. The highest BCUT2D eigenvalue weighted by atomic mass is 14.9. The SMILES string of the molecule is [2H]C1=CCN([2H])C(C)C1. The summed E-state index contributed by atoms with van der Waals surface area (Å²) in [5.74, 6) is 0. The van der Waals surface area contributed by atoms with Gasteiger partial charge in [-0.3, -0.25) is 0 Å². The van der Waals surface area contributed by atoms with Gasteiger partial charge in [-0.15, -0.1) is 0 Å². The van der Waals surface area contributed by atoms with Crippen molar-refractivity contribution >= 4 is 0 Å². The molecule has 0 aromatic rings. The van der Waals surface area contributed by atoms with Crippen LogP contribution in [-0.4, -0.2) is 12.6 Å². The molecule has 1 heteroatoms. The van der Waals surface area contributed by atoms with Crippen LogP contribution in [0, 0.1) is 0 Å². The van der Waals surface area contributed by atoms with Gasteiger partial charge in [0.25, 0.3) is 0 Å². The highest BCUT2D eigenvalue weighted by Gasteiger charge is 1.98. The Bertz CT molecular complexity index is 133. The molecule has 40 valence electrons. The second-order valence-corrected chi connectivity index (χ2v) is 1.83. The largest absolute Gasteiger partial charge is 0.310 e. The highest BCUT2D eigenvalue weighted by molar-refractivity contribution is 4.92. The second kappa shape index (κ2) is 2.12. The summed E-state index contributed by atoms with van der Waals surface area (Å²) < 4.78 is 14.5. The van der Waals surface area contributed by atoms with Crippen LogP contribution >= 0.6 is 0 Å². The maximum atomic E-state index is 7.27. The third kappa shape index (κ3) is 1.32. The topological polar surface area (TPSA) is 12.0 Å². The molecule has 0 aromatic heterocycles. The Morgan fingerprint density at radius 3 is 3.57 bits per heavy atom. The van der Waals surface area contributed by atoms with Gasteiger partial charge >= 0.3 is 0 Å². The van der Waals surface area contributed by atoms with Crippen molar-refractivity contribution in [3.05, 3.63) is 12.1 Å². The van der Waals surface area contributed by atoms with Crippen LogP contribution in [0.5, 0.6) is 0 Å². The number of hydrogen-bond acceptors (Lipinski definition) is 1. The molecule has 1 aliphatic heterocycles. The summed E-state index contributed by atoms with van der Waals surface area (Å²) in [5.41, 5.74) is 0. The van der Waals surface area contributed by atoms with Crippen molar-refractivity contribution in [2.24, 2.45) is 0 Å². The van der Waals surface area contributed by atoms with Crippen molar-refractivity contribution in [1.82, 2.24) is 5.31 Å². The molecule has 0 saturated carbocycles. The van der Waals surface area contributed by atoms with Crippen LogP contribution < -0.4 is 5.31 Å². The molecule has 1 rings (SSSR count). The Balaban J connectivity index is 2.54. The maximum absolute atomic E-state index is 7.27. The van der Waals surface area contributed by atoms with Gasteiger partial charge in [-0.25, -0.2) is 0 Å². The predicted octanol–water partition coefficient (Wildman–Crippen LogP) is 0.924. The molecule has 0 amide bonds. The van der Waals surface area contributed by atoms with Crippen molar-refractivity contribution in [1.29, 1.82) is 0 Å². The molecule has 1 nitrogen and oxygen atoms in total.